The van der Waals surface area contributed by atoms with Crippen LogP contribution in [0.15, 0.2) is 18.2 Å². The van der Waals surface area contributed by atoms with E-state index in [1.807, 2.05) is 13.8 Å². The van der Waals surface area contributed by atoms with E-state index >= 15 is 0 Å². The molecule has 6 nitrogen and oxygen atoms in total. The predicted octanol–water partition coefficient (Wildman–Crippen LogP) is 2.46. The number of amides is 3. The van der Waals surface area contributed by atoms with Gasteiger partial charge in [-0.15, -0.1) is 0 Å². The Kier molecular flexibility index (Phi) is 7.18. The molecule has 1 fully saturated rings. The van der Waals surface area contributed by atoms with Crippen LogP contribution in [-0.2, 0) is 9.59 Å². The van der Waals surface area contributed by atoms with Crippen LogP contribution in [0.25, 0.3) is 0 Å². The van der Waals surface area contributed by atoms with Crippen LogP contribution in [0.5, 0.6) is 0 Å². The summed E-state index contributed by atoms with van der Waals surface area (Å²) in [6.45, 7) is 6.10. The van der Waals surface area contributed by atoms with Crippen molar-refractivity contribution in [1.29, 1.82) is 0 Å². The highest BCUT2D eigenvalue weighted by molar-refractivity contribution is 6.33. The van der Waals surface area contributed by atoms with Crippen LogP contribution in [0.3, 0.4) is 0 Å². The molecule has 2 rings (SSSR count). The van der Waals surface area contributed by atoms with Gasteiger partial charge in [0.25, 0.3) is 5.91 Å². The number of carbonyl (C=O) groups excluding carboxylic acids is 3. The molecular weight excluding hydrogens is 373 g/mol. The first kappa shape index (κ1) is 21.2. The number of benzene rings is 1. The van der Waals surface area contributed by atoms with E-state index in [9.17, 15) is 18.8 Å². The van der Waals surface area contributed by atoms with Crippen molar-refractivity contribution in [1.82, 2.24) is 15.1 Å². The molecule has 1 saturated heterocycles. The zero-order chi connectivity index (χ0) is 20.1. The van der Waals surface area contributed by atoms with Gasteiger partial charge in [-0.3, -0.25) is 14.4 Å². The van der Waals surface area contributed by atoms with Crippen molar-refractivity contribution in [2.75, 3.05) is 19.6 Å². The van der Waals surface area contributed by atoms with Crippen LogP contribution in [0.1, 0.15) is 44.0 Å². The molecule has 1 aliphatic heterocycles. The Hall–Kier alpha value is -2.15. The summed E-state index contributed by atoms with van der Waals surface area (Å²) in [4.78, 5) is 40.3. The van der Waals surface area contributed by atoms with E-state index in [-0.39, 0.29) is 41.0 Å². The number of carbonyl (C=O) groups is 3. The fraction of sp³-hybridized carbons (Fsp3) is 0.526. The summed E-state index contributed by atoms with van der Waals surface area (Å²) in [5, 5.41) is 2.45. The molecule has 2 atom stereocenters. The highest BCUT2D eigenvalue weighted by atomic mass is 35.5. The molecule has 0 aromatic heterocycles. The van der Waals surface area contributed by atoms with Crippen LogP contribution >= 0.6 is 11.6 Å². The van der Waals surface area contributed by atoms with Gasteiger partial charge in [0.05, 0.1) is 17.1 Å². The van der Waals surface area contributed by atoms with Gasteiger partial charge in [0.2, 0.25) is 11.8 Å². The monoisotopic (exact) mass is 397 g/mol. The van der Waals surface area contributed by atoms with Crippen LogP contribution in [0.2, 0.25) is 5.02 Å². The van der Waals surface area contributed by atoms with Gasteiger partial charge < -0.3 is 15.1 Å². The van der Waals surface area contributed by atoms with E-state index in [1.165, 1.54) is 19.1 Å². The lowest BCUT2D eigenvalue weighted by atomic mass is 10.0. The largest absolute Gasteiger partial charge is 0.343 e. The molecule has 0 saturated carbocycles. The lowest BCUT2D eigenvalue weighted by Crippen LogP contribution is -2.61. The smallest absolute Gasteiger partial charge is 0.256 e. The van der Waals surface area contributed by atoms with Gasteiger partial charge in [-0.2, -0.15) is 0 Å². The van der Waals surface area contributed by atoms with E-state index in [2.05, 4.69) is 5.32 Å². The lowest BCUT2D eigenvalue weighted by molar-refractivity contribution is -0.145. The summed E-state index contributed by atoms with van der Waals surface area (Å²) in [5.74, 6) is -1.73. The standard InChI is InChI=1S/C19H25ClFN3O3/c1-4-13-11-24(14(5-2)10-23(13)12(3)25)17(26)9-22-19(27)18-15(20)7-6-8-16(18)21/h6-8,13-14H,4-5,9-11H2,1-3H3,(H,22,27). The van der Waals surface area contributed by atoms with E-state index in [1.54, 1.807) is 9.80 Å². The third-order valence-corrected chi connectivity index (χ3v) is 5.27. The molecule has 0 bridgehead atoms. The molecule has 27 heavy (non-hydrogen) atoms. The highest BCUT2D eigenvalue weighted by Gasteiger charge is 2.35. The second kappa shape index (κ2) is 9.17. The fourth-order valence-electron chi connectivity index (χ4n) is 3.40. The first-order chi connectivity index (χ1) is 12.8. The van der Waals surface area contributed by atoms with Gasteiger partial charge in [-0.25, -0.2) is 4.39 Å². The van der Waals surface area contributed by atoms with Gasteiger partial charge >= 0.3 is 0 Å². The topological polar surface area (TPSA) is 69.7 Å². The Morgan fingerprint density at radius 1 is 1.15 bits per heavy atom. The van der Waals surface area contributed by atoms with Crippen LogP contribution in [0.4, 0.5) is 4.39 Å². The number of hydrogen-bond donors (Lipinski definition) is 1. The Morgan fingerprint density at radius 2 is 1.74 bits per heavy atom. The third-order valence-electron chi connectivity index (χ3n) is 4.95. The van der Waals surface area contributed by atoms with Crippen molar-refractivity contribution in [3.05, 3.63) is 34.6 Å². The van der Waals surface area contributed by atoms with Crippen molar-refractivity contribution >= 4 is 29.3 Å². The van der Waals surface area contributed by atoms with Crippen molar-refractivity contribution in [2.45, 2.75) is 45.7 Å². The maximum atomic E-state index is 13.8. The predicted molar refractivity (Wildman–Crippen MR) is 101 cm³/mol. The molecule has 148 valence electrons. The molecule has 0 radical (unpaired) electrons. The van der Waals surface area contributed by atoms with Gasteiger partial charge in [0.1, 0.15) is 5.82 Å². The summed E-state index contributed by atoms with van der Waals surface area (Å²) >= 11 is 5.88. The summed E-state index contributed by atoms with van der Waals surface area (Å²) in [6.07, 6.45) is 1.43. The lowest BCUT2D eigenvalue weighted by Gasteiger charge is -2.46. The van der Waals surface area contributed by atoms with E-state index in [0.29, 0.717) is 19.5 Å². The number of nitrogens with one attached hydrogen (secondary N) is 1. The third kappa shape index (κ3) is 4.77. The second-order valence-electron chi connectivity index (χ2n) is 6.62. The van der Waals surface area contributed by atoms with Gasteiger partial charge in [0.15, 0.2) is 0 Å². The molecule has 3 amide bonds. The van der Waals surface area contributed by atoms with Crippen molar-refractivity contribution in [2.24, 2.45) is 0 Å². The number of rotatable bonds is 5. The van der Waals surface area contributed by atoms with Crippen LogP contribution in [0, 0.1) is 5.82 Å². The maximum Gasteiger partial charge on any atom is 0.256 e. The first-order valence-corrected chi connectivity index (χ1v) is 9.46. The first-order valence-electron chi connectivity index (χ1n) is 9.08. The molecule has 1 N–H and O–H groups in total. The molecular formula is C19H25ClFN3O3. The summed E-state index contributed by atoms with van der Waals surface area (Å²) in [7, 11) is 0. The van der Waals surface area contributed by atoms with E-state index < -0.39 is 11.7 Å². The summed E-state index contributed by atoms with van der Waals surface area (Å²) in [5.41, 5.74) is -0.271. The molecule has 8 heteroatoms. The zero-order valence-electron chi connectivity index (χ0n) is 15.8. The Balaban J connectivity index is 2.06. The summed E-state index contributed by atoms with van der Waals surface area (Å²) in [6, 6.07) is 3.80. The number of piperazine rings is 1. The van der Waals surface area contributed by atoms with Crippen LogP contribution < -0.4 is 5.32 Å². The fourth-order valence-corrected chi connectivity index (χ4v) is 3.65. The molecule has 1 heterocycles. The number of halogens is 2. The van der Waals surface area contributed by atoms with Crippen molar-refractivity contribution in [3.63, 3.8) is 0 Å². The van der Waals surface area contributed by atoms with Crippen molar-refractivity contribution < 1.29 is 18.8 Å². The average molecular weight is 398 g/mol. The number of nitrogens with zero attached hydrogens (tertiary/aromatic N) is 2. The van der Waals surface area contributed by atoms with Gasteiger partial charge in [-0.05, 0) is 25.0 Å². The minimum absolute atomic E-state index is 0.00473. The minimum Gasteiger partial charge on any atom is -0.343 e. The minimum atomic E-state index is -0.736. The SMILES string of the molecule is CCC1CN(C(=O)CNC(=O)c2c(F)cccc2Cl)C(CC)CN1C(C)=O. The normalized spacial score (nSPS) is 19.7. The molecule has 1 aromatic rings. The van der Waals surface area contributed by atoms with Crippen molar-refractivity contribution in [3.8, 4) is 0 Å². The highest BCUT2D eigenvalue weighted by Crippen LogP contribution is 2.21. The molecule has 1 aliphatic rings. The Labute approximate surface area is 163 Å². The molecule has 0 spiro atoms. The summed E-state index contributed by atoms with van der Waals surface area (Å²) < 4.78 is 13.8. The number of hydrogen-bond acceptors (Lipinski definition) is 3. The van der Waals surface area contributed by atoms with Crippen LogP contribution in [-0.4, -0.2) is 59.2 Å². The Bertz CT molecular complexity index is 708. The molecule has 0 aliphatic carbocycles. The van der Waals surface area contributed by atoms with Gasteiger partial charge in [0, 0.05) is 32.1 Å². The van der Waals surface area contributed by atoms with E-state index in [0.717, 1.165) is 12.5 Å². The molecule has 1 aromatic carbocycles. The zero-order valence-corrected chi connectivity index (χ0v) is 16.6. The maximum absolute atomic E-state index is 13.8. The Morgan fingerprint density at radius 3 is 2.30 bits per heavy atom. The van der Waals surface area contributed by atoms with E-state index in [4.69, 9.17) is 11.6 Å². The second-order valence-corrected chi connectivity index (χ2v) is 7.03. The molecule has 2 unspecified atom stereocenters. The van der Waals surface area contributed by atoms with Gasteiger partial charge in [-0.1, -0.05) is 31.5 Å². The average Bonchev–Trinajstić information content (AvgIpc) is 2.64. The quantitative estimate of drug-likeness (QED) is 0.829.